The van der Waals surface area contributed by atoms with E-state index >= 15 is 0 Å². The Bertz CT molecular complexity index is 746. The molecule has 3 rings (SSSR count). The Morgan fingerprint density at radius 2 is 2.04 bits per heavy atom. The number of carbonyl (C=O) groups is 1. The van der Waals surface area contributed by atoms with Crippen molar-refractivity contribution < 1.29 is 18.2 Å². The molecule has 3 aromatic heterocycles. The van der Waals surface area contributed by atoms with E-state index in [2.05, 4.69) is 10.1 Å². The minimum absolute atomic E-state index is 0.0216. The van der Waals surface area contributed by atoms with E-state index in [4.69, 9.17) is 13.4 Å². The first-order valence-electron chi connectivity index (χ1n) is 7.30. The number of aromatic nitrogens is 2. The second-order valence-corrected chi connectivity index (χ2v) is 5.19. The summed E-state index contributed by atoms with van der Waals surface area (Å²) < 4.78 is 15.7. The maximum Gasteiger partial charge on any atom is 0.238 e. The quantitative estimate of drug-likeness (QED) is 0.695. The van der Waals surface area contributed by atoms with E-state index in [-0.39, 0.29) is 18.4 Å². The molecule has 7 heteroatoms. The van der Waals surface area contributed by atoms with Gasteiger partial charge in [-0.1, -0.05) is 5.16 Å². The predicted octanol–water partition coefficient (Wildman–Crippen LogP) is 3.07. The molecule has 0 aliphatic heterocycles. The van der Waals surface area contributed by atoms with Crippen LogP contribution in [-0.2, 0) is 11.2 Å². The molecule has 0 radical (unpaired) electrons. The fraction of sp³-hybridized carbons (Fsp3) is 0.312. The van der Waals surface area contributed by atoms with Gasteiger partial charge < -0.3 is 18.3 Å². The number of furan rings is 2. The summed E-state index contributed by atoms with van der Waals surface area (Å²) >= 11 is 0. The summed E-state index contributed by atoms with van der Waals surface area (Å²) in [6.45, 7) is 1.92. The van der Waals surface area contributed by atoms with Crippen molar-refractivity contribution in [1.29, 1.82) is 0 Å². The zero-order chi connectivity index (χ0) is 16.2. The molecule has 0 spiro atoms. The lowest BCUT2D eigenvalue weighted by Gasteiger charge is -2.23. The summed E-state index contributed by atoms with van der Waals surface area (Å²) in [5.74, 6) is 2.05. The van der Waals surface area contributed by atoms with E-state index in [1.54, 1.807) is 42.7 Å². The second kappa shape index (κ2) is 6.51. The molecule has 0 aliphatic rings. The highest BCUT2D eigenvalue weighted by molar-refractivity contribution is 5.76. The zero-order valence-electron chi connectivity index (χ0n) is 12.9. The highest BCUT2D eigenvalue weighted by atomic mass is 16.5. The Balaban J connectivity index is 1.56. The van der Waals surface area contributed by atoms with Gasteiger partial charge in [0.1, 0.15) is 5.76 Å². The first-order chi connectivity index (χ1) is 11.1. The fourth-order valence-electron chi connectivity index (χ4n) is 2.19. The number of rotatable bonds is 6. The summed E-state index contributed by atoms with van der Waals surface area (Å²) in [7, 11) is 1.75. The van der Waals surface area contributed by atoms with Gasteiger partial charge in [0.25, 0.3) is 0 Å². The van der Waals surface area contributed by atoms with Crippen LogP contribution in [0, 0.1) is 0 Å². The third-order valence-electron chi connectivity index (χ3n) is 3.69. The van der Waals surface area contributed by atoms with E-state index in [1.807, 2.05) is 13.0 Å². The highest BCUT2D eigenvalue weighted by Gasteiger charge is 2.20. The zero-order valence-corrected chi connectivity index (χ0v) is 12.9. The topological polar surface area (TPSA) is 85.5 Å². The molecule has 120 valence electrons. The van der Waals surface area contributed by atoms with Gasteiger partial charge in [-0.05, 0) is 31.2 Å². The fourth-order valence-corrected chi connectivity index (χ4v) is 2.19. The molecule has 0 saturated carbocycles. The Morgan fingerprint density at radius 3 is 2.74 bits per heavy atom. The van der Waals surface area contributed by atoms with Gasteiger partial charge in [-0.25, -0.2) is 0 Å². The largest absolute Gasteiger partial charge is 0.467 e. The van der Waals surface area contributed by atoms with Crippen molar-refractivity contribution in [3.8, 4) is 11.6 Å². The normalized spacial score (nSPS) is 12.3. The number of amides is 1. The molecule has 1 unspecified atom stereocenters. The summed E-state index contributed by atoms with van der Waals surface area (Å²) in [4.78, 5) is 18.1. The second-order valence-electron chi connectivity index (χ2n) is 5.19. The van der Waals surface area contributed by atoms with Gasteiger partial charge >= 0.3 is 0 Å². The Morgan fingerprint density at radius 1 is 1.26 bits per heavy atom. The molecule has 0 saturated heterocycles. The molecule has 0 bridgehead atoms. The molecule has 7 nitrogen and oxygen atoms in total. The summed E-state index contributed by atoms with van der Waals surface area (Å²) in [6, 6.07) is 7.03. The van der Waals surface area contributed by atoms with Crippen LogP contribution < -0.4 is 0 Å². The lowest BCUT2D eigenvalue weighted by Crippen LogP contribution is -2.29. The van der Waals surface area contributed by atoms with E-state index in [9.17, 15) is 4.79 Å². The number of hydrogen-bond donors (Lipinski definition) is 0. The molecule has 0 fully saturated rings. The first kappa shape index (κ1) is 15.1. The molecular weight excluding hydrogens is 298 g/mol. The van der Waals surface area contributed by atoms with Crippen molar-refractivity contribution in [3.05, 3.63) is 48.4 Å². The first-order valence-corrected chi connectivity index (χ1v) is 7.30. The van der Waals surface area contributed by atoms with Crippen LogP contribution in [-0.4, -0.2) is 28.0 Å². The van der Waals surface area contributed by atoms with Gasteiger partial charge in [-0.3, -0.25) is 4.79 Å². The Kier molecular flexibility index (Phi) is 4.27. The standard InChI is InChI=1S/C16H17N3O4/c1-11(12-5-3-9-21-12)19(2)15(20)8-7-14-17-16(18-23-14)13-6-4-10-22-13/h3-6,9-11H,7-8H2,1-2H3. The highest BCUT2D eigenvalue weighted by Crippen LogP contribution is 2.20. The van der Waals surface area contributed by atoms with Gasteiger partial charge in [0.2, 0.25) is 17.6 Å². The monoisotopic (exact) mass is 315 g/mol. The Labute approximate surface area is 132 Å². The van der Waals surface area contributed by atoms with Gasteiger partial charge in [-0.15, -0.1) is 0 Å². The molecule has 0 aromatic carbocycles. The van der Waals surface area contributed by atoms with Crippen LogP contribution in [0.1, 0.15) is 31.0 Å². The van der Waals surface area contributed by atoms with Crippen molar-refractivity contribution >= 4 is 5.91 Å². The van der Waals surface area contributed by atoms with E-state index in [0.29, 0.717) is 23.9 Å². The minimum atomic E-state index is -0.126. The number of hydrogen-bond acceptors (Lipinski definition) is 6. The van der Waals surface area contributed by atoms with E-state index < -0.39 is 0 Å². The molecule has 3 aromatic rings. The van der Waals surface area contributed by atoms with Crippen LogP contribution in [0.3, 0.4) is 0 Å². The minimum Gasteiger partial charge on any atom is -0.467 e. The van der Waals surface area contributed by atoms with Crippen LogP contribution in [0.25, 0.3) is 11.6 Å². The molecular formula is C16H17N3O4. The molecule has 0 aliphatic carbocycles. The third kappa shape index (κ3) is 3.33. The van der Waals surface area contributed by atoms with Crippen LogP contribution in [0.15, 0.2) is 50.1 Å². The molecule has 1 amide bonds. The SMILES string of the molecule is CC(c1ccco1)N(C)C(=O)CCc1nc(-c2ccco2)no1. The summed E-state index contributed by atoms with van der Waals surface area (Å²) in [5, 5.41) is 3.84. The summed E-state index contributed by atoms with van der Waals surface area (Å²) in [6.07, 6.45) is 3.79. The van der Waals surface area contributed by atoms with Crippen LogP contribution in [0.2, 0.25) is 0 Å². The van der Waals surface area contributed by atoms with Crippen molar-refractivity contribution in [2.45, 2.75) is 25.8 Å². The predicted molar refractivity (Wildman–Crippen MR) is 80.2 cm³/mol. The molecule has 23 heavy (non-hydrogen) atoms. The van der Waals surface area contributed by atoms with Crippen molar-refractivity contribution in [2.24, 2.45) is 0 Å². The van der Waals surface area contributed by atoms with E-state index in [0.717, 1.165) is 5.76 Å². The van der Waals surface area contributed by atoms with Crippen LogP contribution in [0.4, 0.5) is 0 Å². The average molecular weight is 315 g/mol. The van der Waals surface area contributed by atoms with Crippen LogP contribution in [0.5, 0.6) is 0 Å². The number of carbonyl (C=O) groups excluding carboxylic acids is 1. The van der Waals surface area contributed by atoms with E-state index in [1.165, 1.54) is 0 Å². The molecule has 0 N–H and O–H groups in total. The van der Waals surface area contributed by atoms with Gasteiger partial charge in [-0.2, -0.15) is 4.98 Å². The average Bonchev–Trinajstić information content (AvgIpc) is 3.32. The molecule has 3 heterocycles. The molecule has 1 atom stereocenters. The van der Waals surface area contributed by atoms with Crippen LogP contribution >= 0.6 is 0 Å². The lowest BCUT2D eigenvalue weighted by atomic mass is 10.2. The third-order valence-corrected chi connectivity index (χ3v) is 3.69. The van der Waals surface area contributed by atoms with Crippen molar-refractivity contribution in [1.82, 2.24) is 15.0 Å². The smallest absolute Gasteiger partial charge is 0.238 e. The van der Waals surface area contributed by atoms with Gasteiger partial charge in [0, 0.05) is 19.9 Å². The van der Waals surface area contributed by atoms with Gasteiger partial charge in [0.05, 0.1) is 18.6 Å². The maximum absolute atomic E-state index is 12.3. The van der Waals surface area contributed by atoms with Gasteiger partial charge in [0.15, 0.2) is 5.76 Å². The van der Waals surface area contributed by atoms with Crippen molar-refractivity contribution in [2.75, 3.05) is 7.05 Å². The Hall–Kier alpha value is -2.83. The number of nitrogens with zero attached hydrogens (tertiary/aromatic N) is 3. The van der Waals surface area contributed by atoms with Crippen molar-refractivity contribution in [3.63, 3.8) is 0 Å². The summed E-state index contributed by atoms with van der Waals surface area (Å²) in [5.41, 5.74) is 0. The maximum atomic E-state index is 12.3. The number of aryl methyl sites for hydroxylation is 1. The lowest BCUT2D eigenvalue weighted by molar-refractivity contribution is -0.132.